The number of hydrogen-bond donors (Lipinski definition) is 2. The lowest BCUT2D eigenvalue weighted by Crippen LogP contribution is -2.38. The predicted molar refractivity (Wildman–Crippen MR) is 105 cm³/mol. The highest BCUT2D eigenvalue weighted by atomic mass is 16.1. The van der Waals surface area contributed by atoms with Crippen molar-refractivity contribution in [2.45, 2.75) is 45.6 Å². The smallest absolute Gasteiger partial charge is 0.255 e. The van der Waals surface area contributed by atoms with Crippen LogP contribution in [0.25, 0.3) is 0 Å². The maximum atomic E-state index is 12.7. The van der Waals surface area contributed by atoms with Gasteiger partial charge in [-0.1, -0.05) is 19.1 Å². The number of nitrogen functional groups attached to an aromatic ring is 1. The molecular formula is C21H27N3O. The molecule has 3 rings (SSSR count). The standard InChI is InChI=1S/C21H27N3O/c1-3-16-7-9-17(10-8-16)21(25)23-19-14-18(22)11-12-20(19)24-13-5-4-6-15(24)2/h7-12,14-15H,3-6,13,22H2,1-2H3,(H,23,25). The maximum absolute atomic E-state index is 12.7. The van der Waals surface area contributed by atoms with Crippen LogP contribution >= 0.6 is 0 Å². The summed E-state index contributed by atoms with van der Waals surface area (Å²) in [7, 11) is 0. The minimum Gasteiger partial charge on any atom is -0.399 e. The van der Waals surface area contributed by atoms with Gasteiger partial charge in [-0.3, -0.25) is 4.79 Å². The Morgan fingerprint density at radius 2 is 1.96 bits per heavy atom. The molecular weight excluding hydrogens is 310 g/mol. The van der Waals surface area contributed by atoms with Gasteiger partial charge in [0.05, 0.1) is 11.4 Å². The van der Waals surface area contributed by atoms with Gasteiger partial charge in [0.2, 0.25) is 0 Å². The lowest BCUT2D eigenvalue weighted by Gasteiger charge is -2.36. The van der Waals surface area contributed by atoms with Crippen molar-refractivity contribution in [1.29, 1.82) is 0 Å². The first-order chi connectivity index (χ1) is 12.1. The van der Waals surface area contributed by atoms with Crippen LogP contribution in [0.4, 0.5) is 17.1 Å². The number of carbonyl (C=O) groups is 1. The fourth-order valence-corrected chi connectivity index (χ4v) is 3.45. The number of hydrogen-bond acceptors (Lipinski definition) is 3. The summed E-state index contributed by atoms with van der Waals surface area (Å²) < 4.78 is 0. The average Bonchev–Trinajstić information content (AvgIpc) is 2.63. The molecule has 1 atom stereocenters. The SMILES string of the molecule is CCc1ccc(C(=O)Nc2cc(N)ccc2N2CCCCC2C)cc1. The molecule has 0 saturated carbocycles. The lowest BCUT2D eigenvalue weighted by molar-refractivity contribution is 0.102. The Labute approximate surface area is 150 Å². The van der Waals surface area contributed by atoms with E-state index in [1.165, 1.54) is 24.8 Å². The van der Waals surface area contributed by atoms with Crippen molar-refractivity contribution < 1.29 is 4.79 Å². The molecule has 1 aliphatic rings. The van der Waals surface area contributed by atoms with Crippen molar-refractivity contribution >= 4 is 23.0 Å². The summed E-state index contributed by atoms with van der Waals surface area (Å²) in [6.07, 6.45) is 4.59. The van der Waals surface area contributed by atoms with Gasteiger partial charge in [0.25, 0.3) is 5.91 Å². The van der Waals surface area contributed by atoms with E-state index in [4.69, 9.17) is 5.73 Å². The highest BCUT2D eigenvalue weighted by Gasteiger charge is 2.22. The van der Waals surface area contributed by atoms with Crippen LogP contribution in [0.3, 0.4) is 0 Å². The summed E-state index contributed by atoms with van der Waals surface area (Å²) in [6.45, 7) is 5.36. The van der Waals surface area contributed by atoms with Crippen LogP contribution in [-0.4, -0.2) is 18.5 Å². The molecule has 1 saturated heterocycles. The van der Waals surface area contributed by atoms with Crippen LogP contribution in [0.1, 0.15) is 49.0 Å². The number of carbonyl (C=O) groups excluding carboxylic acids is 1. The molecule has 3 N–H and O–H groups in total. The Kier molecular flexibility index (Phi) is 5.27. The van der Waals surface area contributed by atoms with Gasteiger partial charge in [-0.25, -0.2) is 0 Å². The number of anilines is 3. The largest absolute Gasteiger partial charge is 0.399 e. The predicted octanol–water partition coefficient (Wildman–Crippen LogP) is 4.46. The zero-order chi connectivity index (χ0) is 17.8. The van der Waals surface area contributed by atoms with Crippen LogP contribution in [0.5, 0.6) is 0 Å². The lowest BCUT2D eigenvalue weighted by atomic mass is 10.0. The van der Waals surface area contributed by atoms with Gasteiger partial charge in [-0.2, -0.15) is 0 Å². The van der Waals surface area contributed by atoms with E-state index < -0.39 is 0 Å². The second-order valence-electron chi connectivity index (χ2n) is 6.82. The molecule has 132 valence electrons. The van der Waals surface area contributed by atoms with Crippen molar-refractivity contribution in [3.63, 3.8) is 0 Å². The normalized spacial score (nSPS) is 17.4. The Bertz CT molecular complexity index is 739. The molecule has 1 aliphatic heterocycles. The topological polar surface area (TPSA) is 58.4 Å². The highest BCUT2D eigenvalue weighted by Crippen LogP contribution is 2.33. The van der Waals surface area contributed by atoms with Crippen molar-refractivity contribution in [2.24, 2.45) is 0 Å². The quantitative estimate of drug-likeness (QED) is 0.810. The van der Waals surface area contributed by atoms with Crippen molar-refractivity contribution in [3.8, 4) is 0 Å². The Balaban J connectivity index is 1.85. The zero-order valence-corrected chi connectivity index (χ0v) is 15.1. The van der Waals surface area contributed by atoms with Gasteiger partial charge < -0.3 is 16.0 Å². The third kappa shape index (κ3) is 3.95. The molecule has 1 amide bonds. The summed E-state index contributed by atoms with van der Waals surface area (Å²) in [5, 5.41) is 3.06. The Morgan fingerprint density at radius 1 is 1.20 bits per heavy atom. The van der Waals surface area contributed by atoms with Gasteiger partial charge in [-0.05, 0) is 68.5 Å². The third-order valence-corrected chi connectivity index (χ3v) is 5.01. The second kappa shape index (κ2) is 7.60. The van der Waals surface area contributed by atoms with E-state index in [0.717, 1.165) is 24.3 Å². The van der Waals surface area contributed by atoms with Gasteiger partial charge in [-0.15, -0.1) is 0 Å². The van der Waals surface area contributed by atoms with Crippen LogP contribution < -0.4 is 16.0 Å². The molecule has 2 aromatic rings. The molecule has 1 fully saturated rings. The number of nitrogens with zero attached hydrogens (tertiary/aromatic N) is 1. The number of rotatable bonds is 4. The minimum atomic E-state index is -0.0980. The maximum Gasteiger partial charge on any atom is 0.255 e. The van der Waals surface area contributed by atoms with Crippen LogP contribution in [0.2, 0.25) is 0 Å². The van der Waals surface area contributed by atoms with E-state index in [1.807, 2.05) is 42.5 Å². The van der Waals surface area contributed by atoms with Crippen LogP contribution in [0, 0.1) is 0 Å². The number of nitrogens with two attached hydrogens (primary N) is 1. The fourth-order valence-electron chi connectivity index (χ4n) is 3.45. The van der Waals surface area contributed by atoms with Gasteiger partial charge in [0, 0.05) is 23.8 Å². The molecule has 1 unspecified atom stereocenters. The minimum absolute atomic E-state index is 0.0980. The second-order valence-corrected chi connectivity index (χ2v) is 6.82. The van der Waals surface area contributed by atoms with E-state index in [-0.39, 0.29) is 5.91 Å². The third-order valence-electron chi connectivity index (χ3n) is 5.01. The van der Waals surface area contributed by atoms with Crippen LogP contribution in [0.15, 0.2) is 42.5 Å². The molecule has 0 spiro atoms. The number of piperidine rings is 1. The molecule has 0 aromatic heterocycles. The molecule has 4 nitrogen and oxygen atoms in total. The summed E-state index contributed by atoms with van der Waals surface area (Å²) in [5.41, 5.74) is 10.4. The van der Waals surface area contributed by atoms with E-state index >= 15 is 0 Å². The highest BCUT2D eigenvalue weighted by molar-refractivity contribution is 6.06. The van der Waals surface area contributed by atoms with Gasteiger partial charge >= 0.3 is 0 Å². The first-order valence-electron chi connectivity index (χ1n) is 9.15. The molecule has 0 aliphatic carbocycles. The molecule has 2 aromatic carbocycles. The van der Waals surface area contributed by atoms with E-state index in [9.17, 15) is 4.79 Å². The van der Waals surface area contributed by atoms with Crippen molar-refractivity contribution in [3.05, 3.63) is 53.6 Å². The van der Waals surface area contributed by atoms with E-state index in [2.05, 4.69) is 24.1 Å². The van der Waals surface area contributed by atoms with Gasteiger partial charge in [0.1, 0.15) is 0 Å². The first-order valence-corrected chi connectivity index (χ1v) is 9.15. The molecule has 25 heavy (non-hydrogen) atoms. The summed E-state index contributed by atoms with van der Waals surface area (Å²) in [5.74, 6) is -0.0980. The fraction of sp³-hybridized carbons (Fsp3) is 0.381. The van der Waals surface area contributed by atoms with Crippen molar-refractivity contribution in [1.82, 2.24) is 0 Å². The number of amides is 1. The van der Waals surface area contributed by atoms with Gasteiger partial charge in [0.15, 0.2) is 0 Å². The van der Waals surface area contributed by atoms with E-state index in [0.29, 0.717) is 17.3 Å². The number of nitrogens with one attached hydrogen (secondary N) is 1. The number of aryl methyl sites for hydroxylation is 1. The monoisotopic (exact) mass is 337 g/mol. The summed E-state index contributed by atoms with van der Waals surface area (Å²) >= 11 is 0. The summed E-state index contributed by atoms with van der Waals surface area (Å²) in [4.78, 5) is 15.0. The zero-order valence-electron chi connectivity index (χ0n) is 15.1. The molecule has 0 radical (unpaired) electrons. The van der Waals surface area contributed by atoms with Crippen LogP contribution in [-0.2, 0) is 6.42 Å². The van der Waals surface area contributed by atoms with E-state index in [1.54, 1.807) is 0 Å². The average molecular weight is 337 g/mol. The Morgan fingerprint density at radius 3 is 2.64 bits per heavy atom. The molecule has 1 heterocycles. The Hall–Kier alpha value is -2.49. The molecule has 4 heteroatoms. The molecule has 0 bridgehead atoms. The van der Waals surface area contributed by atoms with Crippen molar-refractivity contribution in [2.75, 3.05) is 22.5 Å². The first kappa shape index (κ1) is 17.3. The summed E-state index contributed by atoms with van der Waals surface area (Å²) in [6, 6.07) is 14.0. The number of benzene rings is 2.